The highest BCUT2D eigenvalue weighted by Crippen LogP contribution is 2.35. The number of aryl methyl sites for hydroxylation is 1. The Labute approximate surface area is 108 Å². The Morgan fingerprint density at radius 3 is 2.72 bits per heavy atom. The average molecular weight is 250 g/mol. The summed E-state index contributed by atoms with van der Waals surface area (Å²) in [5.41, 5.74) is 6.53. The molecule has 5 heteroatoms. The largest absolute Gasteiger partial charge is 0.384 e. The van der Waals surface area contributed by atoms with Gasteiger partial charge in [0, 0.05) is 24.6 Å². The molecule has 1 aromatic rings. The number of hydrogen-bond acceptors (Lipinski definition) is 3. The first kappa shape index (κ1) is 12.9. The molecule has 0 radical (unpaired) electrons. The maximum absolute atomic E-state index is 12.2. The molecule has 1 aliphatic carbocycles. The lowest BCUT2D eigenvalue weighted by Gasteiger charge is -2.31. The van der Waals surface area contributed by atoms with Gasteiger partial charge in [-0.1, -0.05) is 26.2 Å². The van der Waals surface area contributed by atoms with E-state index in [0.29, 0.717) is 12.4 Å². The van der Waals surface area contributed by atoms with Crippen LogP contribution in [0.4, 0.5) is 5.82 Å². The molecule has 0 spiro atoms. The smallest absolute Gasteiger partial charge is 0.226 e. The van der Waals surface area contributed by atoms with Crippen LogP contribution in [0.3, 0.4) is 0 Å². The van der Waals surface area contributed by atoms with Crippen molar-refractivity contribution in [1.82, 2.24) is 15.1 Å². The summed E-state index contributed by atoms with van der Waals surface area (Å²) >= 11 is 0. The minimum atomic E-state index is -0.199. The first-order chi connectivity index (χ1) is 8.53. The second kappa shape index (κ2) is 5.00. The Morgan fingerprint density at radius 2 is 2.17 bits per heavy atom. The number of nitrogen functional groups attached to an aromatic ring is 1. The first-order valence-corrected chi connectivity index (χ1v) is 6.57. The molecule has 0 atom stereocenters. The monoisotopic (exact) mass is 250 g/mol. The molecule has 0 saturated heterocycles. The van der Waals surface area contributed by atoms with Crippen LogP contribution in [-0.4, -0.2) is 15.7 Å². The second-order valence-electron chi connectivity index (χ2n) is 5.48. The van der Waals surface area contributed by atoms with E-state index in [9.17, 15) is 4.79 Å². The third-order valence-electron chi connectivity index (χ3n) is 4.01. The fourth-order valence-corrected chi connectivity index (χ4v) is 2.58. The van der Waals surface area contributed by atoms with Crippen molar-refractivity contribution in [3.8, 4) is 0 Å². The number of hydrogen-bond donors (Lipinski definition) is 2. The van der Waals surface area contributed by atoms with Gasteiger partial charge in [0.15, 0.2) is 0 Å². The maximum Gasteiger partial charge on any atom is 0.226 e. The van der Waals surface area contributed by atoms with E-state index in [0.717, 1.165) is 31.2 Å². The summed E-state index contributed by atoms with van der Waals surface area (Å²) < 4.78 is 1.61. The van der Waals surface area contributed by atoms with Crippen LogP contribution in [0.25, 0.3) is 0 Å². The van der Waals surface area contributed by atoms with E-state index in [-0.39, 0.29) is 11.3 Å². The van der Waals surface area contributed by atoms with Crippen molar-refractivity contribution >= 4 is 11.7 Å². The van der Waals surface area contributed by atoms with Crippen molar-refractivity contribution in [3.05, 3.63) is 11.8 Å². The zero-order valence-corrected chi connectivity index (χ0v) is 11.2. The van der Waals surface area contributed by atoms with Gasteiger partial charge in [0.25, 0.3) is 0 Å². The normalized spacial score (nSPS) is 18.6. The molecule has 5 nitrogen and oxygen atoms in total. The van der Waals surface area contributed by atoms with Crippen LogP contribution in [0, 0.1) is 5.41 Å². The molecule has 100 valence electrons. The highest BCUT2D eigenvalue weighted by molar-refractivity contribution is 5.82. The Hall–Kier alpha value is -1.52. The molecule has 0 unspecified atom stereocenters. The summed E-state index contributed by atoms with van der Waals surface area (Å²) in [6.45, 7) is 2.53. The highest BCUT2D eigenvalue weighted by atomic mass is 16.2. The van der Waals surface area contributed by atoms with Gasteiger partial charge in [-0.3, -0.25) is 9.48 Å². The molecule has 1 aliphatic rings. The number of anilines is 1. The van der Waals surface area contributed by atoms with E-state index in [2.05, 4.69) is 17.3 Å². The number of nitrogens with one attached hydrogen (secondary N) is 1. The maximum atomic E-state index is 12.2. The Bertz CT molecular complexity index is 432. The zero-order chi connectivity index (χ0) is 13.2. The lowest BCUT2D eigenvalue weighted by Crippen LogP contribution is -2.39. The molecule has 3 N–H and O–H groups in total. The van der Waals surface area contributed by atoms with Gasteiger partial charge in [-0.25, -0.2) is 0 Å². The summed E-state index contributed by atoms with van der Waals surface area (Å²) in [5, 5.41) is 7.06. The van der Waals surface area contributed by atoms with E-state index in [1.165, 1.54) is 6.42 Å². The van der Waals surface area contributed by atoms with Crippen LogP contribution in [0.5, 0.6) is 0 Å². The molecular formula is C13H22N4O. The lowest BCUT2D eigenvalue weighted by molar-refractivity contribution is -0.132. The molecule has 1 amide bonds. The molecule has 1 heterocycles. The number of rotatable bonds is 3. The molecule has 0 bridgehead atoms. The van der Waals surface area contributed by atoms with E-state index in [1.54, 1.807) is 17.9 Å². The topological polar surface area (TPSA) is 72.9 Å². The Morgan fingerprint density at radius 1 is 1.50 bits per heavy atom. The second-order valence-corrected chi connectivity index (χ2v) is 5.48. The number of nitrogens with zero attached hydrogens (tertiary/aromatic N) is 2. The molecule has 18 heavy (non-hydrogen) atoms. The Kier molecular flexibility index (Phi) is 3.59. The average Bonchev–Trinajstić information content (AvgIpc) is 2.68. The Balaban J connectivity index is 1.93. The van der Waals surface area contributed by atoms with E-state index < -0.39 is 0 Å². The minimum Gasteiger partial charge on any atom is -0.384 e. The predicted molar refractivity (Wildman–Crippen MR) is 70.7 cm³/mol. The first-order valence-electron chi connectivity index (χ1n) is 6.57. The molecule has 1 aromatic heterocycles. The van der Waals surface area contributed by atoms with Gasteiger partial charge >= 0.3 is 0 Å². The van der Waals surface area contributed by atoms with Gasteiger partial charge in [0.2, 0.25) is 5.91 Å². The summed E-state index contributed by atoms with van der Waals surface area (Å²) in [5.74, 6) is 0.759. The molecular weight excluding hydrogens is 228 g/mol. The molecule has 0 aromatic carbocycles. The SMILES string of the molecule is Cn1ncc(CNC(=O)C2(C)CCCCC2)c1N. The van der Waals surface area contributed by atoms with E-state index >= 15 is 0 Å². The van der Waals surface area contributed by atoms with Gasteiger partial charge in [-0.2, -0.15) is 5.10 Å². The number of nitrogens with two attached hydrogens (primary N) is 1. The predicted octanol–water partition coefficient (Wildman–Crippen LogP) is 1.59. The summed E-state index contributed by atoms with van der Waals surface area (Å²) in [7, 11) is 1.79. The van der Waals surface area contributed by atoms with Crippen molar-refractivity contribution in [3.63, 3.8) is 0 Å². The summed E-state index contributed by atoms with van der Waals surface area (Å²) in [6, 6.07) is 0. The van der Waals surface area contributed by atoms with Crippen LogP contribution in [0.15, 0.2) is 6.20 Å². The van der Waals surface area contributed by atoms with Crippen molar-refractivity contribution < 1.29 is 4.79 Å². The van der Waals surface area contributed by atoms with Crippen LogP contribution in [0.2, 0.25) is 0 Å². The van der Waals surface area contributed by atoms with Gasteiger partial charge in [-0.15, -0.1) is 0 Å². The van der Waals surface area contributed by atoms with Crippen LogP contribution < -0.4 is 11.1 Å². The number of carbonyl (C=O) groups is 1. The molecule has 0 aliphatic heterocycles. The number of aromatic nitrogens is 2. The van der Waals surface area contributed by atoms with Crippen molar-refractivity contribution in [2.24, 2.45) is 12.5 Å². The third kappa shape index (κ3) is 2.49. The molecule has 1 fully saturated rings. The quantitative estimate of drug-likeness (QED) is 0.855. The highest BCUT2D eigenvalue weighted by Gasteiger charge is 2.34. The standard InChI is InChI=1S/C13H22N4O/c1-13(6-4-3-5-7-13)12(18)15-8-10-9-16-17(2)11(10)14/h9H,3-8,14H2,1-2H3,(H,15,18). The summed E-state index contributed by atoms with van der Waals surface area (Å²) in [4.78, 5) is 12.2. The van der Waals surface area contributed by atoms with E-state index in [4.69, 9.17) is 5.73 Å². The van der Waals surface area contributed by atoms with Gasteiger partial charge in [-0.05, 0) is 12.8 Å². The van der Waals surface area contributed by atoms with Gasteiger partial charge < -0.3 is 11.1 Å². The lowest BCUT2D eigenvalue weighted by atomic mass is 9.75. The van der Waals surface area contributed by atoms with Gasteiger partial charge in [0.05, 0.1) is 6.20 Å². The number of carbonyl (C=O) groups excluding carboxylic acids is 1. The fourth-order valence-electron chi connectivity index (χ4n) is 2.58. The zero-order valence-electron chi connectivity index (χ0n) is 11.2. The molecule has 1 saturated carbocycles. The van der Waals surface area contributed by atoms with Crippen LogP contribution >= 0.6 is 0 Å². The molecule has 2 rings (SSSR count). The van der Waals surface area contributed by atoms with Crippen LogP contribution in [0.1, 0.15) is 44.6 Å². The fraction of sp³-hybridized carbons (Fsp3) is 0.692. The van der Waals surface area contributed by atoms with Crippen LogP contribution in [-0.2, 0) is 18.4 Å². The van der Waals surface area contributed by atoms with Crippen molar-refractivity contribution in [1.29, 1.82) is 0 Å². The van der Waals surface area contributed by atoms with Gasteiger partial charge in [0.1, 0.15) is 5.82 Å². The minimum absolute atomic E-state index is 0.144. The van der Waals surface area contributed by atoms with E-state index in [1.807, 2.05) is 0 Å². The van der Waals surface area contributed by atoms with Crippen molar-refractivity contribution in [2.45, 2.75) is 45.6 Å². The summed E-state index contributed by atoms with van der Waals surface area (Å²) in [6.07, 6.45) is 7.23. The van der Waals surface area contributed by atoms with Crippen molar-refractivity contribution in [2.75, 3.05) is 5.73 Å². The number of amides is 1. The third-order valence-corrected chi connectivity index (χ3v) is 4.01.